The van der Waals surface area contributed by atoms with Gasteiger partial charge in [-0.2, -0.15) is 0 Å². The Morgan fingerprint density at radius 2 is 0.609 bits per heavy atom. The van der Waals surface area contributed by atoms with Crippen LogP contribution >= 0.6 is 0 Å². The van der Waals surface area contributed by atoms with Gasteiger partial charge in [0.15, 0.2) is 0 Å². The monoisotopic (exact) mass is 669 g/mol. The molecule has 6 nitrogen and oxygen atoms in total. The van der Waals surface area contributed by atoms with Crippen molar-refractivity contribution in [3.8, 4) is 0 Å². The summed E-state index contributed by atoms with van der Waals surface area (Å²) in [4.78, 5) is 0. The highest BCUT2D eigenvalue weighted by Gasteiger charge is 2.28. The third kappa shape index (κ3) is 56.1. The maximum Gasteiger partial charge on any atom is 0.0839 e. The summed E-state index contributed by atoms with van der Waals surface area (Å²) in [6.07, 6.45) is 20.1. The van der Waals surface area contributed by atoms with Gasteiger partial charge in [-0.05, 0) is 44.9 Å². The van der Waals surface area contributed by atoms with Crippen LogP contribution in [0.3, 0.4) is 0 Å². The largest absolute Gasteiger partial charge is 0.381 e. The van der Waals surface area contributed by atoms with Gasteiger partial charge in [0, 0.05) is 46.1 Å². The zero-order valence-corrected chi connectivity index (χ0v) is 31.0. The van der Waals surface area contributed by atoms with Gasteiger partial charge in [0.05, 0.1) is 53.1 Å². The molecular weight excluding hydrogens is 574 g/mol. The topological polar surface area (TPSA) is 46.2 Å². The minimum absolute atomic E-state index is 0. The molecule has 288 valence electrons. The van der Waals surface area contributed by atoms with E-state index in [1.807, 2.05) is 0 Å². The fourth-order valence-corrected chi connectivity index (χ4v) is 4.10. The predicted octanol–water partition coefficient (Wildman–Crippen LogP) is 11.8. The molecule has 0 aromatic heterocycles. The van der Waals surface area contributed by atoms with Crippen molar-refractivity contribution in [2.24, 2.45) is 0 Å². The number of quaternary nitrogens is 1. The molecule has 0 aliphatic carbocycles. The Morgan fingerprint density at radius 1 is 0.348 bits per heavy atom. The summed E-state index contributed by atoms with van der Waals surface area (Å²) in [5, 5.41) is 0. The van der Waals surface area contributed by atoms with Crippen molar-refractivity contribution in [1.82, 2.24) is 0 Å². The third-order valence-electron chi connectivity index (χ3n) is 7.26. The number of hydrogen-bond donors (Lipinski definition) is 0. The maximum absolute atomic E-state index is 5.45. The van der Waals surface area contributed by atoms with Crippen LogP contribution in [0.25, 0.3) is 0 Å². The quantitative estimate of drug-likeness (QED) is 0.0613. The van der Waals surface area contributed by atoms with Crippen molar-refractivity contribution < 1.29 is 28.2 Å². The van der Waals surface area contributed by atoms with Crippen LogP contribution in [0.5, 0.6) is 0 Å². The van der Waals surface area contributed by atoms with Gasteiger partial charge in [0.25, 0.3) is 0 Å². The van der Waals surface area contributed by atoms with Gasteiger partial charge < -0.3 is 28.2 Å². The molecule has 0 aromatic carbocycles. The fraction of sp³-hybridized carbons (Fsp3) is 1.00. The van der Waals surface area contributed by atoms with E-state index in [2.05, 4.69) is 55.5 Å². The Labute approximate surface area is 294 Å². The van der Waals surface area contributed by atoms with Crippen LogP contribution in [0.15, 0.2) is 0 Å². The third-order valence-corrected chi connectivity index (χ3v) is 7.26. The molecule has 0 atom stereocenters. The molecule has 0 bridgehead atoms. The number of nitrogens with zero attached hydrogens (tertiary/aromatic N) is 1. The molecule has 1 aliphatic heterocycles. The number of unbranched alkanes of at least 4 members (excludes halogenated alkanes) is 8. The first-order valence-electron chi connectivity index (χ1n) is 18.7. The first-order chi connectivity index (χ1) is 21.0. The Bertz CT molecular complexity index is 421. The lowest BCUT2D eigenvalue weighted by molar-refractivity contribution is -0.946. The van der Waals surface area contributed by atoms with Gasteiger partial charge in [-0.15, -0.1) is 0 Å². The Kier molecular flexibility index (Phi) is 68.4. The van der Waals surface area contributed by atoms with Crippen molar-refractivity contribution >= 4 is 0 Å². The molecule has 1 saturated heterocycles. The van der Waals surface area contributed by atoms with E-state index in [-0.39, 0.29) is 22.3 Å². The summed E-state index contributed by atoms with van der Waals surface area (Å²) in [6, 6.07) is 0. The lowest BCUT2D eigenvalue weighted by Gasteiger charge is -2.41. The summed E-state index contributed by atoms with van der Waals surface area (Å²) < 4.78 is 28.3. The predicted molar refractivity (Wildman–Crippen MR) is 209 cm³/mol. The van der Waals surface area contributed by atoms with Crippen molar-refractivity contribution in [3.05, 3.63) is 0 Å². The van der Waals surface area contributed by atoms with Crippen LogP contribution in [0, 0.1) is 0 Å². The van der Waals surface area contributed by atoms with Crippen molar-refractivity contribution in [1.29, 1.82) is 0 Å². The molecule has 0 saturated carbocycles. The Balaban J connectivity index is -0.000000119. The average molecular weight is 669 g/mol. The van der Waals surface area contributed by atoms with Crippen LogP contribution in [0.2, 0.25) is 0 Å². The zero-order chi connectivity index (χ0) is 32.5. The number of likely N-dealkylation sites (tertiary alicyclic amines) is 1. The first-order valence-corrected chi connectivity index (χ1v) is 18.7. The van der Waals surface area contributed by atoms with Crippen LogP contribution in [0.1, 0.15) is 173 Å². The number of rotatable bonds is 28. The smallest absolute Gasteiger partial charge is 0.0839 e. The van der Waals surface area contributed by atoms with Crippen molar-refractivity contribution in [2.75, 3.05) is 92.8 Å². The molecule has 0 spiro atoms. The minimum atomic E-state index is 0. The van der Waals surface area contributed by atoms with Gasteiger partial charge >= 0.3 is 0 Å². The minimum Gasteiger partial charge on any atom is -0.381 e. The molecule has 0 amide bonds. The van der Waals surface area contributed by atoms with E-state index in [1.54, 1.807) is 0 Å². The maximum atomic E-state index is 5.45. The lowest BCUT2D eigenvalue weighted by atomic mass is 10.1. The van der Waals surface area contributed by atoms with E-state index in [0.29, 0.717) is 26.4 Å². The van der Waals surface area contributed by atoms with Crippen LogP contribution < -0.4 is 0 Å². The highest BCUT2D eigenvalue weighted by molar-refractivity contribution is 4.50. The summed E-state index contributed by atoms with van der Waals surface area (Å²) in [7, 11) is 2.35. The van der Waals surface area contributed by atoms with E-state index in [0.717, 1.165) is 65.3 Å². The van der Waals surface area contributed by atoms with Crippen molar-refractivity contribution in [2.45, 2.75) is 173 Å². The van der Waals surface area contributed by atoms with Crippen LogP contribution in [0.4, 0.5) is 0 Å². The molecule has 0 N–H and O–H groups in total. The summed E-state index contributed by atoms with van der Waals surface area (Å²) in [5.41, 5.74) is 0. The summed E-state index contributed by atoms with van der Waals surface area (Å²) >= 11 is 0. The van der Waals surface area contributed by atoms with E-state index < -0.39 is 0 Å². The van der Waals surface area contributed by atoms with Gasteiger partial charge in [0.2, 0.25) is 0 Å². The van der Waals surface area contributed by atoms with Gasteiger partial charge in [-0.25, -0.2) is 0 Å². The molecule has 0 unspecified atom stereocenters. The summed E-state index contributed by atoms with van der Waals surface area (Å²) in [6.45, 7) is 27.8. The molecule has 6 heteroatoms. The molecule has 1 heterocycles. The Hall–Kier alpha value is -0.240. The Morgan fingerprint density at radius 3 is 0.826 bits per heavy atom. The molecule has 0 radical (unpaired) electrons. The van der Waals surface area contributed by atoms with E-state index in [4.69, 9.17) is 23.7 Å². The molecular formula is C40H94NO5+. The molecule has 1 rings (SSSR count). The second-order valence-electron chi connectivity index (χ2n) is 12.0. The fourth-order valence-electron chi connectivity index (χ4n) is 4.10. The summed E-state index contributed by atoms with van der Waals surface area (Å²) in [5.74, 6) is 0. The van der Waals surface area contributed by atoms with E-state index in [9.17, 15) is 0 Å². The highest BCUT2D eigenvalue weighted by Crippen LogP contribution is 2.16. The van der Waals surface area contributed by atoms with Crippen LogP contribution in [-0.4, -0.2) is 97.2 Å². The van der Waals surface area contributed by atoms with Crippen molar-refractivity contribution in [3.63, 3.8) is 0 Å². The molecule has 1 fully saturated rings. The normalized spacial score (nSPS) is 12.3. The number of hydrogen-bond acceptors (Lipinski definition) is 5. The van der Waals surface area contributed by atoms with Crippen LogP contribution in [-0.2, 0) is 23.7 Å². The number of ether oxygens (including phenoxy) is 5. The van der Waals surface area contributed by atoms with E-state index >= 15 is 0 Å². The standard InChI is InChI=1S/C12H26O3.C12H26O2.C7H16N.C6H14.3CH4/c1-3-5-7-13-9-11-15-12-10-14-8-6-4-2;1-3-5-9-13-11-7-8-12-14-10-6-4-2;1-3-5-8(2)6-4-7-8;1-3-5-6-4-2;;;/h3-12H2,1-2H3;3-12H2,1-2H3;3-7H2,1-2H3;3-6H2,1-2H3;3*1H4/q;;+1;;;;. The average Bonchev–Trinajstić information content (AvgIpc) is 3.00. The second-order valence-corrected chi connectivity index (χ2v) is 12.0. The lowest BCUT2D eigenvalue weighted by Crippen LogP contribution is -2.54. The SMILES string of the molecule is C.C.C.CCCCCC.CCCCOCCCCOCCCC.CCCCOCCOCCOCCCC.CCC[N+]1(C)CCC1. The van der Waals surface area contributed by atoms with Gasteiger partial charge in [0.1, 0.15) is 0 Å². The van der Waals surface area contributed by atoms with E-state index in [1.165, 1.54) is 101 Å². The van der Waals surface area contributed by atoms with Gasteiger partial charge in [-0.3, -0.25) is 0 Å². The molecule has 1 aliphatic rings. The zero-order valence-electron chi connectivity index (χ0n) is 31.0. The van der Waals surface area contributed by atoms with Gasteiger partial charge in [-0.1, -0.05) is 122 Å². The second kappa shape index (κ2) is 54.2. The molecule has 46 heavy (non-hydrogen) atoms. The molecule has 0 aromatic rings. The first kappa shape index (κ1) is 58.0. The highest BCUT2D eigenvalue weighted by atomic mass is 16.5.